The van der Waals surface area contributed by atoms with Crippen LogP contribution >= 0.6 is 0 Å². The topological polar surface area (TPSA) is 71.4 Å². The minimum atomic E-state index is -4.60. The van der Waals surface area contributed by atoms with E-state index in [0.29, 0.717) is 24.1 Å². The zero-order valence-electron chi connectivity index (χ0n) is 11.2. The number of aromatic nitrogens is 1. The van der Waals surface area contributed by atoms with Crippen molar-refractivity contribution in [1.29, 1.82) is 0 Å². The van der Waals surface area contributed by atoms with Crippen molar-refractivity contribution in [2.75, 3.05) is 5.32 Å². The van der Waals surface area contributed by atoms with Crippen LogP contribution in [0.15, 0.2) is 4.36 Å². The molecule has 9 heteroatoms. The SMILES string of the molecule is Cc1c(C(F)(F)F)nc2c(c1NC(=O)N=S=O)[C@@H](C)CC2. The molecule has 1 aromatic heterocycles. The van der Waals surface area contributed by atoms with Gasteiger partial charge in [-0.05, 0) is 25.7 Å². The molecule has 0 aromatic carbocycles. The molecule has 0 saturated carbocycles. The molecule has 1 aromatic rings. The maximum absolute atomic E-state index is 13.0. The quantitative estimate of drug-likeness (QED) is 0.862. The number of halogens is 3. The Kier molecular flexibility index (Phi) is 4.13. The largest absolute Gasteiger partial charge is 0.433 e. The molecular formula is C12H12F3N3O2S. The predicted octanol–water partition coefficient (Wildman–Crippen LogP) is 3.39. The van der Waals surface area contributed by atoms with E-state index in [1.807, 2.05) is 6.92 Å². The molecule has 2 rings (SSSR count). The van der Waals surface area contributed by atoms with Crippen LogP contribution in [-0.2, 0) is 24.1 Å². The van der Waals surface area contributed by atoms with E-state index in [4.69, 9.17) is 0 Å². The number of hydrogen-bond acceptors (Lipinski definition) is 3. The Balaban J connectivity index is 2.63. The van der Waals surface area contributed by atoms with Crippen LogP contribution in [0.25, 0.3) is 0 Å². The average Bonchev–Trinajstić information content (AvgIpc) is 2.73. The van der Waals surface area contributed by atoms with Gasteiger partial charge in [-0.1, -0.05) is 11.3 Å². The number of alkyl halides is 3. The van der Waals surface area contributed by atoms with Gasteiger partial charge in [0.25, 0.3) is 0 Å². The van der Waals surface area contributed by atoms with Gasteiger partial charge < -0.3 is 5.32 Å². The molecule has 0 unspecified atom stereocenters. The number of nitrogens with one attached hydrogen (secondary N) is 1. The molecule has 1 N–H and O–H groups in total. The van der Waals surface area contributed by atoms with Gasteiger partial charge in [0.15, 0.2) is 0 Å². The van der Waals surface area contributed by atoms with Crippen molar-refractivity contribution < 1.29 is 22.2 Å². The van der Waals surface area contributed by atoms with E-state index in [0.717, 1.165) is 0 Å². The highest BCUT2D eigenvalue weighted by atomic mass is 32.1. The van der Waals surface area contributed by atoms with Gasteiger partial charge in [-0.2, -0.15) is 17.4 Å². The van der Waals surface area contributed by atoms with E-state index in [9.17, 15) is 22.2 Å². The second kappa shape index (κ2) is 5.55. The van der Waals surface area contributed by atoms with Gasteiger partial charge in [0.1, 0.15) is 5.69 Å². The van der Waals surface area contributed by atoms with Crippen LogP contribution in [0, 0.1) is 6.92 Å². The van der Waals surface area contributed by atoms with Crippen molar-refractivity contribution in [3.63, 3.8) is 0 Å². The van der Waals surface area contributed by atoms with E-state index in [1.165, 1.54) is 6.92 Å². The van der Waals surface area contributed by atoms with Crippen molar-refractivity contribution >= 4 is 23.2 Å². The molecule has 2 amide bonds. The lowest BCUT2D eigenvalue weighted by Gasteiger charge is -2.18. The molecule has 0 spiro atoms. The molecule has 0 bridgehead atoms. The Hall–Kier alpha value is -1.77. The first kappa shape index (κ1) is 15.6. The van der Waals surface area contributed by atoms with Crippen LogP contribution in [0.4, 0.5) is 23.7 Å². The predicted molar refractivity (Wildman–Crippen MR) is 70.3 cm³/mol. The molecule has 1 aliphatic carbocycles. The summed E-state index contributed by atoms with van der Waals surface area (Å²) in [5.41, 5.74) is -0.166. The third-order valence-corrected chi connectivity index (χ3v) is 3.73. The fourth-order valence-electron chi connectivity index (χ4n) is 2.56. The van der Waals surface area contributed by atoms with Gasteiger partial charge in [0.2, 0.25) is 11.5 Å². The molecule has 21 heavy (non-hydrogen) atoms. The molecule has 1 atom stereocenters. The lowest BCUT2D eigenvalue weighted by Crippen LogP contribution is -2.17. The van der Waals surface area contributed by atoms with Crippen LogP contribution in [0.5, 0.6) is 0 Å². The van der Waals surface area contributed by atoms with Crippen LogP contribution in [0.1, 0.15) is 41.8 Å². The Morgan fingerprint density at radius 1 is 1.48 bits per heavy atom. The van der Waals surface area contributed by atoms with Crippen molar-refractivity contribution in [1.82, 2.24) is 4.98 Å². The molecule has 0 radical (unpaired) electrons. The fraction of sp³-hybridized carbons (Fsp3) is 0.500. The molecule has 0 fully saturated rings. The molecule has 5 nitrogen and oxygen atoms in total. The molecule has 0 aliphatic heterocycles. The first-order chi connectivity index (χ1) is 9.75. The number of anilines is 1. The molecular weight excluding hydrogens is 307 g/mol. The monoisotopic (exact) mass is 319 g/mol. The number of hydrogen-bond donors (Lipinski definition) is 1. The molecule has 1 heterocycles. The zero-order valence-corrected chi connectivity index (χ0v) is 12.1. The Bertz CT molecular complexity index is 654. The summed E-state index contributed by atoms with van der Waals surface area (Å²) >= 11 is -0.296. The number of rotatable bonds is 1. The van der Waals surface area contributed by atoms with Crippen molar-refractivity contribution in [2.24, 2.45) is 4.36 Å². The number of aryl methyl sites for hydroxylation is 1. The first-order valence-corrected chi connectivity index (χ1v) is 6.87. The summed E-state index contributed by atoms with van der Waals surface area (Å²) in [6.07, 6.45) is -3.51. The van der Waals surface area contributed by atoms with Crippen LogP contribution in [-0.4, -0.2) is 15.2 Å². The highest BCUT2D eigenvalue weighted by molar-refractivity contribution is 7.55. The Labute approximate surface area is 122 Å². The maximum atomic E-state index is 13.0. The van der Waals surface area contributed by atoms with Crippen molar-refractivity contribution in [3.8, 4) is 0 Å². The number of carbonyl (C=O) groups excluding carboxylic acids is 1. The number of urea groups is 1. The number of amides is 2. The summed E-state index contributed by atoms with van der Waals surface area (Å²) in [5, 5.41) is 2.29. The Morgan fingerprint density at radius 2 is 2.14 bits per heavy atom. The lowest BCUT2D eigenvalue weighted by atomic mass is 9.99. The van der Waals surface area contributed by atoms with Crippen molar-refractivity contribution in [2.45, 2.75) is 38.8 Å². The average molecular weight is 319 g/mol. The minimum absolute atomic E-state index is 0.0105. The van der Waals surface area contributed by atoms with Gasteiger partial charge in [-0.25, -0.2) is 9.78 Å². The summed E-state index contributed by atoms with van der Waals surface area (Å²) in [6, 6.07) is -0.973. The van der Waals surface area contributed by atoms with Crippen molar-refractivity contribution in [3.05, 3.63) is 22.5 Å². The highest BCUT2D eigenvalue weighted by Crippen LogP contribution is 2.43. The smallest absolute Gasteiger partial charge is 0.305 e. The maximum Gasteiger partial charge on any atom is 0.433 e. The minimum Gasteiger partial charge on any atom is -0.305 e. The number of nitrogens with zero attached hydrogens (tertiary/aromatic N) is 2. The standard InChI is InChI=1S/C12H12F3N3O2S/c1-5-3-4-7-8(5)9(17-11(19)18-21-20)6(2)10(16-7)12(13,14)15/h5H,3-4H2,1-2H3,(H,16,17,19)/t5-/m0/s1. The molecule has 114 valence electrons. The van der Waals surface area contributed by atoms with Crippen LogP contribution in [0.3, 0.4) is 0 Å². The van der Waals surface area contributed by atoms with Crippen LogP contribution in [0.2, 0.25) is 0 Å². The summed E-state index contributed by atoms with van der Waals surface area (Å²) in [5.74, 6) is -0.0105. The van der Waals surface area contributed by atoms with Gasteiger partial charge >= 0.3 is 12.2 Å². The molecule has 0 saturated heterocycles. The van der Waals surface area contributed by atoms with Gasteiger partial charge in [-0.15, -0.1) is 0 Å². The first-order valence-electron chi connectivity index (χ1n) is 6.17. The summed E-state index contributed by atoms with van der Waals surface area (Å²) in [6.45, 7) is 3.11. The van der Waals surface area contributed by atoms with Crippen LogP contribution < -0.4 is 5.32 Å². The van der Waals surface area contributed by atoms with E-state index in [1.54, 1.807) is 0 Å². The summed E-state index contributed by atoms with van der Waals surface area (Å²) < 4.78 is 52.3. The van der Waals surface area contributed by atoms with E-state index in [-0.39, 0.29) is 28.6 Å². The zero-order chi connectivity index (χ0) is 15.8. The van der Waals surface area contributed by atoms with Gasteiger partial charge in [0.05, 0.1) is 5.69 Å². The summed E-state index contributed by atoms with van der Waals surface area (Å²) in [4.78, 5) is 15.1. The fourth-order valence-corrected chi connectivity index (χ4v) is 2.68. The van der Waals surface area contributed by atoms with E-state index >= 15 is 0 Å². The molecule has 1 aliphatic rings. The second-order valence-corrected chi connectivity index (χ2v) is 5.19. The number of pyridine rings is 1. The van der Waals surface area contributed by atoms with E-state index in [2.05, 4.69) is 14.7 Å². The normalized spacial score (nSPS) is 17.3. The number of carbonyl (C=O) groups is 1. The van der Waals surface area contributed by atoms with Gasteiger partial charge in [0, 0.05) is 16.8 Å². The van der Waals surface area contributed by atoms with Gasteiger partial charge in [-0.3, -0.25) is 0 Å². The Morgan fingerprint density at radius 3 is 2.71 bits per heavy atom. The lowest BCUT2D eigenvalue weighted by molar-refractivity contribution is -0.141. The van der Waals surface area contributed by atoms with E-state index < -0.39 is 17.9 Å². The third-order valence-electron chi connectivity index (χ3n) is 3.48. The highest BCUT2D eigenvalue weighted by Gasteiger charge is 2.38. The third kappa shape index (κ3) is 2.97. The number of fused-ring (bicyclic) bond motifs is 1. The second-order valence-electron chi connectivity index (χ2n) is 4.85. The summed E-state index contributed by atoms with van der Waals surface area (Å²) in [7, 11) is 0.